The molecular weight excluding hydrogens is 262 g/mol. The number of nitrogens with zero attached hydrogens (tertiary/aromatic N) is 2. The quantitative estimate of drug-likeness (QED) is 0.818. The SMILES string of the molecule is CCN1CCC(N(C)S(=O)(=O)C2CCNCC2)CC1. The van der Waals surface area contributed by atoms with Crippen molar-refractivity contribution in [2.75, 3.05) is 39.8 Å². The van der Waals surface area contributed by atoms with Gasteiger partial charge in [0.15, 0.2) is 0 Å². The minimum Gasteiger partial charge on any atom is -0.317 e. The van der Waals surface area contributed by atoms with Gasteiger partial charge in [-0.3, -0.25) is 0 Å². The summed E-state index contributed by atoms with van der Waals surface area (Å²) in [5.74, 6) is 0. The van der Waals surface area contributed by atoms with Gasteiger partial charge in [-0.05, 0) is 58.4 Å². The summed E-state index contributed by atoms with van der Waals surface area (Å²) in [6, 6.07) is 0.197. The van der Waals surface area contributed by atoms with Crippen molar-refractivity contribution in [1.29, 1.82) is 0 Å². The van der Waals surface area contributed by atoms with Gasteiger partial charge in [0.1, 0.15) is 0 Å². The Morgan fingerprint density at radius 1 is 1.16 bits per heavy atom. The van der Waals surface area contributed by atoms with Crippen LogP contribution in [0, 0.1) is 0 Å². The van der Waals surface area contributed by atoms with E-state index in [0.29, 0.717) is 0 Å². The molecule has 19 heavy (non-hydrogen) atoms. The van der Waals surface area contributed by atoms with Gasteiger partial charge in [0, 0.05) is 13.1 Å². The Hall–Kier alpha value is -0.170. The van der Waals surface area contributed by atoms with Crippen LogP contribution < -0.4 is 5.32 Å². The van der Waals surface area contributed by atoms with E-state index in [0.717, 1.165) is 58.4 Å². The highest BCUT2D eigenvalue weighted by molar-refractivity contribution is 7.89. The van der Waals surface area contributed by atoms with Crippen molar-refractivity contribution in [2.24, 2.45) is 0 Å². The van der Waals surface area contributed by atoms with E-state index >= 15 is 0 Å². The monoisotopic (exact) mass is 289 g/mol. The molecule has 0 aromatic heterocycles. The van der Waals surface area contributed by atoms with Gasteiger partial charge in [0.25, 0.3) is 0 Å². The first-order valence-corrected chi connectivity index (χ1v) is 8.96. The molecule has 0 spiro atoms. The maximum Gasteiger partial charge on any atom is 0.217 e. The molecule has 2 aliphatic heterocycles. The van der Waals surface area contributed by atoms with E-state index in [1.165, 1.54) is 0 Å². The summed E-state index contributed by atoms with van der Waals surface area (Å²) in [7, 11) is -1.33. The lowest BCUT2D eigenvalue weighted by molar-refractivity contribution is 0.175. The average molecular weight is 289 g/mol. The van der Waals surface area contributed by atoms with Crippen LogP contribution in [-0.2, 0) is 10.0 Å². The fourth-order valence-electron chi connectivity index (χ4n) is 3.14. The third kappa shape index (κ3) is 3.48. The number of sulfonamides is 1. The minimum atomic E-state index is -3.11. The number of hydrogen-bond acceptors (Lipinski definition) is 4. The molecule has 5 nitrogen and oxygen atoms in total. The molecular formula is C13H27N3O2S. The van der Waals surface area contributed by atoms with Gasteiger partial charge in [-0.25, -0.2) is 12.7 Å². The van der Waals surface area contributed by atoms with Gasteiger partial charge in [0.2, 0.25) is 10.0 Å². The van der Waals surface area contributed by atoms with Gasteiger partial charge in [-0.15, -0.1) is 0 Å². The topological polar surface area (TPSA) is 52.7 Å². The van der Waals surface area contributed by atoms with E-state index in [9.17, 15) is 8.42 Å². The fraction of sp³-hybridized carbons (Fsp3) is 1.00. The van der Waals surface area contributed by atoms with E-state index in [1.807, 2.05) is 0 Å². The molecule has 0 aromatic rings. The second-order valence-corrected chi connectivity index (χ2v) is 7.95. The second kappa shape index (κ2) is 6.52. The molecule has 0 aromatic carbocycles. The molecule has 112 valence electrons. The Labute approximate surface area is 117 Å². The van der Waals surface area contributed by atoms with Crippen LogP contribution >= 0.6 is 0 Å². The summed E-state index contributed by atoms with van der Waals surface area (Å²) in [6.45, 7) is 6.92. The van der Waals surface area contributed by atoms with Crippen LogP contribution in [0.4, 0.5) is 0 Å². The van der Waals surface area contributed by atoms with Crippen LogP contribution in [0.1, 0.15) is 32.6 Å². The molecule has 2 fully saturated rings. The molecule has 1 N–H and O–H groups in total. The van der Waals surface area contributed by atoms with Crippen LogP contribution in [0.15, 0.2) is 0 Å². The summed E-state index contributed by atoms with van der Waals surface area (Å²) >= 11 is 0. The number of piperidine rings is 2. The van der Waals surface area contributed by atoms with Crippen LogP contribution in [0.2, 0.25) is 0 Å². The van der Waals surface area contributed by atoms with Gasteiger partial charge < -0.3 is 10.2 Å². The van der Waals surface area contributed by atoms with Gasteiger partial charge in [-0.2, -0.15) is 0 Å². The molecule has 0 amide bonds. The minimum absolute atomic E-state index is 0.178. The molecule has 0 saturated carbocycles. The molecule has 0 atom stereocenters. The molecule has 0 unspecified atom stereocenters. The normalized spacial score (nSPS) is 25.0. The molecule has 2 saturated heterocycles. The molecule has 2 rings (SSSR count). The van der Waals surface area contributed by atoms with Crippen molar-refractivity contribution in [3.8, 4) is 0 Å². The van der Waals surface area contributed by atoms with Crippen LogP contribution in [0.5, 0.6) is 0 Å². The lowest BCUT2D eigenvalue weighted by Gasteiger charge is -2.37. The van der Waals surface area contributed by atoms with Crippen molar-refractivity contribution < 1.29 is 8.42 Å². The highest BCUT2D eigenvalue weighted by atomic mass is 32.2. The molecule has 0 bridgehead atoms. The maximum absolute atomic E-state index is 12.6. The highest BCUT2D eigenvalue weighted by Crippen LogP contribution is 2.23. The maximum atomic E-state index is 12.6. The van der Waals surface area contributed by atoms with Gasteiger partial charge in [0.05, 0.1) is 5.25 Å². The predicted octanol–water partition coefficient (Wildman–Crippen LogP) is 0.484. The van der Waals surface area contributed by atoms with Crippen molar-refractivity contribution >= 4 is 10.0 Å². The van der Waals surface area contributed by atoms with Crippen molar-refractivity contribution in [2.45, 2.75) is 43.9 Å². The summed E-state index contributed by atoms with van der Waals surface area (Å²) in [4.78, 5) is 2.39. The highest BCUT2D eigenvalue weighted by Gasteiger charge is 2.35. The Morgan fingerprint density at radius 3 is 2.26 bits per heavy atom. The number of hydrogen-bond donors (Lipinski definition) is 1. The van der Waals surface area contributed by atoms with E-state index in [2.05, 4.69) is 17.1 Å². The molecule has 0 aliphatic carbocycles. The smallest absolute Gasteiger partial charge is 0.217 e. The zero-order valence-electron chi connectivity index (χ0n) is 12.1. The Kier molecular flexibility index (Phi) is 5.22. The summed E-state index contributed by atoms with van der Waals surface area (Å²) < 4.78 is 26.9. The average Bonchev–Trinajstić information content (AvgIpc) is 2.47. The summed E-state index contributed by atoms with van der Waals surface area (Å²) in [5, 5.41) is 3.05. The first-order chi connectivity index (χ1) is 9.05. The molecule has 6 heteroatoms. The zero-order chi connectivity index (χ0) is 13.9. The standard InChI is InChI=1S/C13H27N3O2S/c1-3-16-10-6-12(7-11-16)15(2)19(17,18)13-4-8-14-9-5-13/h12-14H,3-11H2,1-2H3. The third-order valence-corrected chi connectivity index (χ3v) is 7.04. The second-order valence-electron chi connectivity index (χ2n) is 5.68. The third-order valence-electron chi connectivity index (χ3n) is 4.63. The Morgan fingerprint density at radius 2 is 1.74 bits per heavy atom. The van der Waals surface area contributed by atoms with E-state index in [1.54, 1.807) is 11.4 Å². The van der Waals surface area contributed by atoms with Gasteiger partial charge >= 0.3 is 0 Å². The lowest BCUT2D eigenvalue weighted by Crippen LogP contribution is -2.49. The van der Waals surface area contributed by atoms with Crippen LogP contribution in [0.25, 0.3) is 0 Å². The number of likely N-dealkylation sites (tertiary alicyclic amines) is 1. The summed E-state index contributed by atoms with van der Waals surface area (Å²) in [6.07, 6.45) is 3.43. The molecule has 2 heterocycles. The molecule has 2 aliphatic rings. The predicted molar refractivity (Wildman–Crippen MR) is 77.7 cm³/mol. The largest absolute Gasteiger partial charge is 0.317 e. The van der Waals surface area contributed by atoms with Crippen molar-refractivity contribution in [1.82, 2.24) is 14.5 Å². The summed E-state index contributed by atoms with van der Waals surface area (Å²) in [5.41, 5.74) is 0. The van der Waals surface area contributed by atoms with Crippen molar-refractivity contribution in [3.63, 3.8) is 0 Å². The molecule has 0 radical (unpaired) electrons. The van der Waals surface area contributed by atoms with Crippen molar-refractivity contribution in [3.05, 3.63) is 0 Å². The Bertz CT molecular complexity index is 371. The number of rotatable bonds is 4. The Balaban J connectivity index is 1.96. The van der Waals surface area contributed by atoms with Crippen LogP contribution in [0.3, 0.4) is 0 Å². The van der Waals surface area contributed by atoms with E-state index < -0.39 is 10.0 Å². The zero-order valence-corrected chi connectivity index (χ0v) is 13.0. The van der Waals surface area contributed by atoms with E-state index in [4.69, 9.17) is 0 Å². The first-order valence-electron chi connectivity index (χ1n) is 7.45. The van der Waals surface area contributed by atoms with Crippen LogP contribution in [-0.4, -0.2) is 68.7 Å². The fourth-order valence-corrected chi connectivity index (χ4v) is 5.06. The van der Waals surface area contributed by atoms with Gasteiger partial charge in [-0.1, -0.05) is 6.92 Å². The first kappa shape index (κ1) is 15.2. The number of nitrogens with one attached hydrogen (secondary N) is 1. The van der Waals surface area contributed by atoms with E-state index in [-0.39, 0.29) is 11.3 Å². The lowest BCUT2D eigenvalue weighted by atomic mass is 10.1.